The van der Waals surface area contributed by atoms with Crippen LogP contribution in [-0.2, 0) is 4.79 Å². The summed E-state index contributed by atoms with van der Waals surface area (Å²) in [5.74, 6) is 0. The second-order valence-corrected chi connectivity index (χ2v) is 0.316. The second kappa shape index (κ2) is 10.1. The van der Waals surface area contributed by atoms with Crippen LogP contribution in [0.4, 0.5) is 0 Å². The van der Waals surface area contributed by atoms with Crippen LogP contribution in [0.2, 0.25) is 0 Å². The number of carbonyl (C=O) groups is 1. The molecule has 0 bridgehead atoms. The molecule has 3 heteroatoms. The lowest BCUT2D eigenvalue weighted by Crippen LogP contribution is -1.25. The predicted molar refractivity (Wildman–Crippen MR) is 26.1 cm³/mol. The van der Waals surface area contributed by atoms with Crippen molar-refractivity contribution in [3.05, 3.63) is 0 Å². The van der Waals surface area contributed by atoms with Crippen LogP contribution in [0.15, 0.2) is 0 Å². The fraction of sp³-hybridized carbons (Fsp3) is 0. The molecule has 0 heterocycles. The predicted octanol–water partition coefficient (Wildman–Crippen LogP) is 0.219. The van der Waals surface area contributed by atoms with Crippen LogP contribution in [0.3, 0.4) is 0 Å². The van der Waals surface area contributed by atoms with Crippen molar-refractivity contribution in [3.8, 4) is 0 Å². The van der Waals surface area contributed by atoms with E-state index in [1.807, 2.05) is 0 Å². The first-order valence-corrected chi connectivity index (χ1v) is 1.01. The summed E-state index contributed by atoms with van der Waals surface area (Å²) in [6, 6.07) is 0. The minimum atomic E-state index is 0. The zero-order valence-corrected chi connectivity index (χ0v) is 3.83. The molecule has 0 aliphatic rings. The van der Waals surface area contributed by atoms with E-state index >= 15 is 0 Å². The summed E-state index contributed by atoms with van der Waals surface area (Å²) in [4.78, 5) is 8.67. The van der Waals surface area contributed by atoms with Crippen molar-refractivity contribution in [3.63, 3.8) is 0 Å². The van der Waals surface area contributed by atoms with Gasteiger partial charge in [0.1, 0.15) is 0 Å². The molecule has 0 rings (SSSR count). The van der Waals surface area contributed by atoms with Gasteiger partial charge in [0.15, 0.2) is 5.62 Å². The molecular formula is CH4OS2. The van der Waals surface area contributed by atoms with Crippen LogP contribution in [0.5, 0.6) is 0 Å². The molecule has 0 atom stereocenters. The van der Waals surface area contributed by atoms with E-state index in [0.29, 0.717) is 5.62 Å². The van der Waals surface area contributed by atoms with Gasteiger partial charge in [0.25, 0.3) is 0 Å². The van der Waals surface area contributed by atoms with Crippen LogP contribution in [0, 0.1) is 0 Å². The van der Waals surface area contributed by atoms with E-state index in [0.717, 1.165) is 0 Å². The van der Waals surface area contributed by atoms with Gasteiger partial charge in [-0.2, -0.15) is 13.5 Å². The van der Waals surface area contributed by atoms with E-state index in [9.17, 15) is 0 Å². The molecule has 0 saturated carbocycles. The molecule has 0 radical (unpaired) electrons. The largest absolute Gasteiger partial charge is 0.291 e. The molecule has 0 aromatic heterocycles. The Morgan fingerprint density at radius 3 is 1.75 bits per heavy atom. The lowest BCUT2D eigenvalue weighted by Gasteiger charge is -1.24. The smallest absolute Gasteiger partial charge is 0.173 e. The number of hydrogen-bond donors (Lipinski definition) is 1. The molecule has 0 unspecified atom stereocenters. The lowest BCUT2D eigenvalue weighted by molar-refractivity contribution is 0.570. The van der Waals surface area contributed by atoms with E-state index in [-0.39, 0.29) is 13.5 Å². The Morgan fingerprint density at radius 1 is 1.75 bits per heavy atom. The molecule has 0 aliphatic carbocycles. The van der Waals surface area contributed by atoms with Gasteiger partial charge in [0.05, 0.1) is 0 Å². The van der Waals surface area contributed by atoms with Gasteiger partial charge >= 0.3 is 0 Å². The highest BCUT2D eigenvalue weighted by molar-refractivity contribution is 7.94. The summed E-state index contributed by atoms with van der Waals surface area (Å²) in [6.45, 7) is 0. The zero-order chi connectivity index (χ0) is 2.71. The highest BCUT2D eigenvalue weighted by Gasteiger charge is 1.24. The van der Waals surface area contributed by atoms with Crippen LogP contribution in [0.25, 0.3) is 0 Å². The number of hydrogen-bond acceptors (Lipinski definition) is 1. The first kappa shape index (κ1) is 8.84. The van der Waals surface area contributed by atoms with Crippen LogP contribution in [0.1, 0.15) is 0 Å². The Labute approximate surface area is 37.2 Å². The van der Waals surface area contributed by atoms with Crippen molar-refractivity contribution in [2.24, 2.45) is 0 Å². The summed E-state index contributed by atoms with van der Waals surface area (Å²) in [5.41, 5.74) is 0.444. The van der Waals surface area contributed by atoms with E-state index in [1.54, 1.807) is 0 Å². The molecular weight excluding hydrogens is 92.1 g/mol. The van der Waals surface area contributed by atoms with Gasteiger partial charge in [0.2, 0.25) is 0 Å². The van der Waals surface area contributed by atoms with Crippen molar-refractivity contribution in [1.29, 1.82) is 0 Å². The summed E-state index contributed by atoms with van der Waals surface area (Å²) < 4.78 is 0. The molecule has 0 N–H and O–H groups in total. The van der Waals surface area contributed by atoms with Gasteiger partial charge in [0, 0.05) is 0 Å². The molecule has 0 amide bonds. The van der Waals surface area contributed by atoms with Gasteiger partial charge in [-0.05, 0) is 0 Å². The van der Waals surface area contributed by atoms with Crippen molar-refractivity contribution in [1.82, 2.24) is 0 Å². The van der Waals surface area contributed by atoms with Gasteiger partial charge in [-0.25, -0.2) is 0 Å². The monoisotopic (exact) mass is 96.0 g/mol. The Morgan fingerprint density at radius 2 is 1.75 bits per heavy atom. The van der Waals surface area contributed by atoms with Gasteiger partial charge in [-0.15, -0.1) is 12.6 Å². The minimum Gasteiger partial charge on any atom is -0.291 e. The maximum Gasteiger partial charge on any atom is 0.173 e. The molecule has 0 aliphatic heterocycles. The normalized spacial score (nSPS) is 3.25. The summed E-state index contributed by atoms with van der Waals surface area (Å²) >= 11 is 3.11. The van der Waals surface area contributed by atoms with E-state index in [2.05, 4.69) is 12.6 Å². The summed E-state index contributed by atoms with van der Waals surface area (Å²) in [5, 5.41) is 0. The molecule has 26 valence electrons. The van der Waals surface area contributed by atoms with E-state index in [4.69, 9.17) is 4.79 Å². The number of carbonyl (C=O) groups excluding carboxylic acids is 1. The Bertz CT molecular complexity index is 13.5. The second-order valence-electron chi connectivity index (χ2n) is 0.105. The molecule has 4 heavy (non-hydrogen) atoms. The van der Waals surface area contributed by atoms with Crippen LogP contribution < -0.4 is 0 Å². The zero-order valence-electron chi connectivity index (χ0n) is 1.93. The molecule has 0 fully saturated rings. The highest BCUT2D eigenvalue weighted by atomic mass is 32.1. The van der Waals surface area contributed by atoms with Crippen LogP contribution >= 0.6 is 26.1 Å². The summed E-state index contributed by atoms with van der Waals surface area (Å²) in [6.07, 6.45) is 0. The quantitative estimate of drug-likeness (QED) is 0.337. The first-order chi connectivity index (χ1) is 1.41. The molecule has 1 nitrogen and oxygen atoms in total. The molecule has 0 saturated heterocycles. The Hall–Kier alpha value is 0.370. The fourth-order valence-electron chi connectivity index (χ4n) is 0. The maximum absolute atomic E-state index is 8.67. The van der Waals surface area contributed by atoms with Crippen molar-refractivity contribution in [2.45, 2.75) is 0 Å². The lowest BCUT2D eigenvalue weighted by atomic mass is 11.8. The molecule has 0 aromatic rings. The number of thiol groups is 1. The van der Waals surface area contributed by atoms with Crippen molar-refractivity contribution >= 4 is 31.7 Å². The van der Waals surface area contributed by atoms with Crippen molar-refractivity contribution < 1.29 is 4.79 Å². The highest BCUT2D eigenvalue weighted by Crippen LogP contribution is 1.39. The SMILES string of the molecule is O=CS.S. The Balaban J connectivity index is 0. The summed E-state index contributed by atoms with van der Waals surface area (Å²) in [7, 11) is 0. The fourth-order valence-corrected chi connectivity index (χ4v) is 0. The van der Waals surface area contributed by atoms with Gasteiger partial charge in [-0.1, -0.05) is 0 Å². The third-order valence-electron chi connectivity index (χ3n) is 0. The third kappa shape index (κ3) is 32.5. The van der Waals surface area contributed by atoms with E-state index < -0.39 is 0 Å². The average molecular weight is 96.2 g/mol. The minimum absolute atomic E-state index is 0. The average Bonchev–Trinajstić information content (AvgIpc) is 0.918. The maximum atomic E-state index is 8.67. The first-order valence-electron chi connectivity index (χ1n) is 0.494. The van der Waals surface area contributed by atoms with Crippen LogP contribution in [-0.4, -0.2) is 5.62 Å². The topological polar surface area (TPSA) is 17.1 Å². The third-order valence-corrected chi connectivity index (χ3v) is 0. The van der Waals surface area contributed by atoms with E-state index in [1.165, 1.54) is 0 Å². The molecule has 0 aromatic carbocycles. The molecule has 0 spiro atoms. The number of rotatable bonds is 0. The standard InChI is InChI=1S/CH2OS.H2S/c2-1-3;/h1H,(H,2,3);1H2. The van der Waals surface area contributed by atoms with Gasteiger partial charge in [-0.3, -0.25) is 4.79 Å². The Kier molecular flexibility index (Phi) is 22.3. The van der Waals surface area contributed by atoms with Gasteiger partial charge < -0.3 is 0 Å². The van der Waals surface area contributed by atoms with Crippen molar-refractivity contribution in [2.75, 3.05) is 0 Å².